The molecule has 1 amide bonds. The average molecular weight is 236 g/mol. The van der Waals surface area contributed by atoms with Gasteiger partial charge in [-0.05, 0) is 19.7 Å². The van der Waals surface area contributed by atoms with Crippen LogP contribution in [0.2, 0.25) is 0 Å². The van der Waals surface area contributed by atoms with Gasteiger partial charge in [0.05, 0.1) is 6.54 Å². The Morgan fingerprint density at radius 1 is 1.29 bits per heavy atom. The fraction of sp³-hybridized carbons (Fsp3) is 0.333. The monoisotopic (exact) mass is 236 g/mol. The van der Waals surface area contributed by atoms with E-state index in [9.17, 15) is 9.59 Å². The molecule has 92 valence electrons. The number of amides is 1. The third kappa shape index (κ3) is 4.24. The molecule has 1 rings (SSSR count). The van der Waals surface area contributed by atoms with E-state index in [2.05, 4.69) is 5.32 Å². The van der Waals surface area contributed by atoms with Crippen LogP contribution in [0.4, 0.5) is 0 Å². The molecule has 1 aromatic rings. The number of carbonyl (C=O) groups excluding carboxylic acids is 1. The van der Waals surface area contributed by atoms with Crippen LogP contribution in [0.1, 0.15) is 11.6 Å². The molecule has 0 saturated heterocycles. The second kappa shape index (κ2) is 6.00. The number of rotatable bonds is 5. The van der Waals surface area contributed by atoms with Gasteiger partial charge < -0.3 is 15.3 Å². The van der Waals surface area contributed by atoms with E-state index >= 15 is 0 Å². The van der Waals surface area contributed by atoms with Crippen molar-refractivity contribution in [3.05, 3.63) is 35.9 Å². The second-order valence-corrected chi connectivity index (χ2v) is 3.99. The minimum absolute atomic E-state index is 0.163. The van der Waals surface area contributed by atoms with E-state index in [1.54, 1.807) is 49.3 Å². The van der Waals surface area contributed by atoms with Gasteiger partial charge in [-0.25, -0.2) is 4.79 Å². The molecular weight excluding hydrogens is 220 g/mol. The van der Waals surface area contributed by atoms with E-state index in [0.717, 1.165) is 0 Å². The van der Waals surface area contributed by atoms with Gasteiger partial charge in [0.15, 0.2) is 6.04 Å². The van der Waals surface area contributed by atoms with Gasteiger partial charge in [0.1, 0.15) is 0 Å². The normalized spacial score (nSPS) is 12.2. The predicted octanol–water partition coefficient (Wildman–Crippen LogP) is 0.490. The maximum atomic E-state index is 11.5. The molecular formula is C12H16N2O3. The number of nitrogens with zero attached hydrogens (tertiary/aromatic N) is 1. The molecule has 0 heterocycles. The maximum Gasteiger partial charge on any atom is 0.330 e. The van der Waals surface area contributed by atoms with Crippen LogP contribution in [0.5, 0.6) is 0 Å². The molecule has 1 aromatic carbocycles. The fourth-order valence-electron chi connectivity index (χ4n) is 1.43. The van der Waals surface area contributed by atoms with E-state index in [1.807, 2.05) is 0 Å². The molecule has 5 heteroatoms. The number of nitrogens with one attached hydrogen (secondary N) is 1. The largest absolute Gasteiger partial charge is 0.479 e. The first kappa shape index (κ1) is 13.2. The molecule has 17 heavy (non-hydrogen) atoms. The van der Waals surface area contributed by atoms with Crippen LogP contribution in [0, 0.1) is 0 Å². The van der Waals surface area contributed by atoms with Crippen LogP contribution in [-0.2, 0) is 9.59 Å². The lowest BCUT2D eigenvalue weighted by atomic mass is 10.1. The molecule has 1 atom stereocenters. The molecule has 0 radical (unpaired) electrons. The molecule has 0 unspecified atom stereocenters. The van der Waals surface area contributed by atoms with Gasteiger partial charge >= 0.3 is 5.97 Å². The van der Waals surface area contributed by atoms with Gasteiger partial charge in [0.2, 0.25) is 5.91 Å². The van der Waals surface area contributed by atoms with Gasteiger partial charge in [-0.15, -0.1) is 0 Å². The Hall–Kier alpha value is -1.88. The van der Waals surface area contributed by atoms with E-state index in [-0.39, 0.29) is 12.5 Å². The van der Waals surface area contributed by atoms with Crippen molar-refractivity contribution in [2.45, 2.75) is 6.04 Å². The minimum Gasteiger partial charge on any atom is -0.479 e. The highest BCUT2D eigenvalue weighted by atomic mass is 16.4. The Labute approximate surface area is 100 Å². The molecule has 5 nitrogen and oxygen atoms in total. The van der Waals surface area contributed by atoms with E-state index in [0.29, 0.717) is 5.56 Å². The molecule has 0 saturated carbocycles. The van der Waals surface area contributed by atoms with Crippen molar-refractivity contribution < 1.29 is 14.7 Å². The molecule has 0 aliphatic carbocycles. The Balaban J connectivity index is 2.75. The maximum absolute atomic E-state index is 11.5. The molecule has 0 bridgehead atoms. The highest BCUT2D eigenvalue weighted by Crippen LogP contribution is 2.12. The summed E-state index contributed by atoms with van der Waals surface area (Å²) in [5.74, 6) is -1.38. The number of likely N-dealkylation sites (N-methyl/N-ethyl adjacent to an activating group) is 1. The molecule has 2 N–H and O–H groups in total. The third-order valence-electron chi connectivity index (χ3n) is 2.15. The van der Waals surface area contributed by atoms with Crippen molar-refractivity contribution >= 4 is 11.9 Å². The van der Waals surface area contributed by atoms with Crippen LogP contribution >= 0.6 is 0 Å². The lowest BCUT2D eigenvalue weighted by molar-refractivity contribution is -0.142. The quantitative estimate of drug-likeness (QED) is 0.780. The Morgan fingerprint density at radius 3 is 2.35 bits per heavy atom. The summed E-state index contributed by atoms with van der Waals surface area (Å²) in [5, 5.41) is 11.6. The number of benzene rings is 1. The SMILES string of the molecule is CN(C)CC(=O)N[C@H](C(=O)O)c1ccccc1. The Morgan fingerprint density at radius 2 is 1.88 bits per heavy atom. The highest BCUT2D eigenvalue weighted by molar-refractivity contribution is 5.85. The van der Waals surface area contributed by atoms with Crippen LogP contribution in [0.3, 0.4) is 0 Å². The van der Waals surface area contributed by atoms with Gasteiger partial charge in [-0.3, -0.25) is 4.79 Å². The number of aliphatic carboxylic acids is 1. The van der Waals surface area contributed by atoms with Crippen molar-refractivity contribution in [3.63, 3.8) is 0 Å². The predicted molar refractivity (Wildman–Crippen MR) is 63.5 cm³/mol. The molecule has 0 aliphatic rings. The lowest BCUT2D eigenvalue weighted by Gasteiger charge is -2.16. The summed E-state index contributed by atoms with van der Waals surface area (Å²) in [4.78, 5) is 24.3. The van der Waals surface area contributed by atoms with Crippen molar-refractivity contribution in [2.75, 3.05) is 20.6 Å². The first-order chi connectivity index (χ1) is 8.00. The number of hydrogen-bond acceptors (Lipinski definition) is 3. The number of hydrogen-bond donors (Lipinski definition) is 2. The second-order valence-electron chi connectivity index (χ2n) is 3.99. The van der Waals surface area contributed by atoms with Gasteiger partial charge in [0, 0.05) is 0 Å². The summed E-state index contributed by atoms with van der Waals surface area (Å²) in [6.07, 6.45) is 0. The smallest absolute Gasteiger partial charge is 0.330 e. The highest BCUT2D eigenvalue weighted by Gasteiger charge is 2.21. The van der Waals surface area contributed by atoms with Gasteiger partial charge in [0.25, 0.3) is 0 Å². The Bertz CT molecular complexity index is 390. The van der Waals surface area contributed by atoms with E-state index < -0.39 is 12.0 Å². The summed E-state index contributed by atoms with van der Waals surface area (Å²) < 4.78 is 0. The standard InChI is InChI=1S/C12H16N2O3/c1-14(2)8-10(15)13-11(12(16)17)9-6-4-3-5-7-9/h3-7,11H,8H2,1-2H3,(H,13,15)(H,16,17)/t11-/m0/s1. The molecule has 0 spiro atoms. The average Bonchev–Trinajstić information content (AvgIpc) is 2.25. The zero-order valence-corrected chi connectivity index (χ0v) is 9.88. The van der Waals surface area contributed by atoms with Crippen LogP contribution < -0.4 is 5.32 Å². The first-order valence-electron chi connectivity index (χ1n) is 5.22. The number of carbonyl (C=O) groups is 2. The van der Waals surface area contributed by atoms with Gasteiger partial charge in [-0.2, -0.15) is 0 Å². The van der Waals surface area contributed by atoms with Gasteiger partial charge in [-0.1, -0.05) is 30.3 Å². The van der Waals surface area contributed by atoms with Crippen molar-refractivity contribution in [2.24, 2.45) is 0 Å². The zero-order chi connectivity index (χ0) is 12.8. The Kier molecular flexibility index (Phi) is 4.66. The molecule has 0 aromatic heterocycles. The van der Waals surface area contributed by atoms with Crippen LogP contribution in [0.15, 0.2) is 30.3 Å². The summed E-state index contributed by atoms with van der Waals surface area (Å²) in [5.41, 5.74) is 0.562. The van der Waals surface area contributed by atoms with E-state index in [1.165, 1.54) is 0 Å². The van der Waals surface area contributed by atoms with Crippen LogP contribution in [0.25, 0.3) is 0 Å². The summed E-state index contributed by atoms with van der Waals surface area (Å²) in [6.45, 7) is 0.163. The first-order valence-corrected chi connectivity index (χ1v) is 5.22. The fourth-order valence-corrected chi connectivity index (χ4v) is 1.43. The van der Waals surface area contributed by atoms with E-state index in [4.69, 9.17) is 5.11 Å². The van der Waals surface area contributed by atoms with Crippen molar-refractivity contribution in [3.8, 4) is 0 Å². The molecule has 0 fully saturated rings. The number of carboxylic acids is 1. The molecule has 0 aliphatic heterocycles. The zero-order valence-electron chi connectivity index (χ0n) is 9.88. The van der Waals surface area contributed by atoms with Crippen LogP contribution in [-0.4, -0.2) is 42.5 Å². The summed E-state index contributed by atoms with van der Waals surface area (Å²) in [6, 6.07) is 7.63. The third-order valence-corrected chi connectivity index (χ3v) is 2.15. The van der Waals surface area contributed by atoms with Crippen molar-refractivity contribution in [1.29, 1.82) is 0 Å². The summed E-state index contributed by atoms with van der Waals surface area (Å²) in [7, 11) is 3.50. The van der Waals surface area contributed by atoms with Crippen molar-refractivity contribution in [1.82, 2.24) is 10.2 Å². The lowest BCUT2D eigenvalue weighted by Crippen LogP contribution is -2.38. The topological polar surface area (TPSA) is 69.6 Å². The number of carboxylic acid groups (broad SMARTS) is 1. The minimum atomic E-state index is -1.07. The summed E-state index contributed by atoms with van der Waals surface area (Å²) >= 11 is 0.